The number of carbonyl (C=O) groups is 2. The molecule has 0 radical (unpaired) electrons. The number of benzene rings is 3. The van der Waals surface area contributed by atoms with E-state index in [4.69, 9.17) is 14.2 Å². The summed E-state index contributed by atoms with van der Waals surface area (Å²) in [5.41, 5.74) is 2.56. The van der Waals surface area contributed by atoms with Crippen molar-refractivity contribution in [1.82, 2.24) is 5.32 Å². The number of thioether (sulfide) groups is 1. The van der Waals surface area contributed by atoms with E-state index >= 15 is 0 Å². The topological polar surface area (TPSA) is 73.9 Å². The van der Waals surface area contributed by atoms with Gasteiger partial charge in [-0.2, -0.15) is 0 Å². The number of aryl methyl sites for hydroxylation is 1. The zero-order valence-corrected chi connectivity index (χ0v) is 22.0. The van der Waals surface area contributed by atoms with Gasteiger partial charge >= 0.3 is 11.9 Å². The number of ether oxygens (including phenoxy) is 3. The normalized spacial score (nSPS) is 12.4. The third-order valence-electron chi connectivity index (χ3n) is 5.76. The Bertz CT molecular complexity index is 1130. The summed E-state index contributed by atoms with van der Waals surface area (Å²) in [6.45, 7) is 4.00. The van der Waals surface area contributed by atoms with E-state index in [1.165, 1.54) is 24.2 Å². The van der Waals surface area contributed by atoms with Gasteiger partial charge in [0.1, 0.15) is 17.6 Å². The van der Waals surface area contributed by atoms with E-state index in [0.717, 1.165) is 29.1 Å². The molecular formula is C29H33NO5S. The van der Waals surface area contributed by atoms with E-state index in [9.17, 15) is 9.59 Å². The Morgan fingerprint density at radius 1 is 1.00 bits per heavy atom. The van der Waals surface area contributed by atoms with Gasteiger partial charge in [-0.25, -0.2) is 4.79 Å². The first kappa shape index (κ1) is 27.3. The van der Waals surface area contributed by atoms with E-state index in [2.05, 4.69) is 24.4 Å². The maximum atomic E-state index is 12.5. The third kappa shape index (κ3) is 8.14. The molecule has 7 heteroatoms. The van der Waals surface area contributed by atoms with Crippen molar-refractivity contribution < 1.29 is 23.8 Å². The average Bonchev–Trinajstić information content (AvgIpc) is 2.90. The average molecular weight is 508 g/mol. The largest absolute Gasteiger partial charge is 0.497 e. The molecule has 1 N–H and O–H groups in total. The number of carbonyl (C=O) groups excluding carboxylic acids is 2. The molecule has 0 aliphatic heterocycles. The van der Waals surface area contributed by atoms with Crippen LogP contribution in [0.3, 0.4) is 0 Å². The summed E-state index contributed by atoms with van der Waals surface area (Å²) in [7, 11) is 1.66. The summed E-state index contributed by atoms with van der Waals surface area (Å²) < 4.78 is 16.5. The van der Waals surface area contributed by atoms with Crippen LogP contribution in [0, 0.1) is 0 Å². The van der Waals surface area contributed by atoms with Crippen molar-refractivity contribution >= 4 is 23.7 Å². The molecule has 0 heterocycles. The third-order valence-corrected chi connectivity index (χ3v) is 6.52. The molecule has 0 aliphatic carbocycles. The quantitative estimate of drug-likeness (QED) is 0.187. The Morgan fingerprint density at radius 3 is 2.36 bits per heavy atom. The predicted octanol–water partition coefficient (Wildman–Crippen LogP) is 5.85. The Labute approximate surface area is 217 Å². The van der Waals surface area contributed by atoms with Crippen molar-refractivity contribution in [3.63, 3.8) is 0 Å². The minimum absolute atomic E-state index is 0.219. The lowest BCUT2D eigenvalue weighted by Gasteiger charge is -2.22. The van der Waals surface area contributed by atoms with Gasteiger partial charge in [0.05, 0.1) is 17.6 Å². The van der Waals surface area contributed by atoms with Gasteiger partial charge in [-0.15, -0.1) is 11.8 Å². The predicted molar refractivity (Wildman–Crippen MR) is 143 cm³/mol. The fourth-order valence-corrected chi connectivity index (χ4v) is 4.28. The minimum Gasteiger partial charge on any atom is -0.497 e. The molecule has 190 valence electrons. The fraction of sp³-hybridized carbons (Fsp3) is 0.310. The first-order chi connectivity index (χ1) is 17.4. The van der Waals surface area contributed by atoms with Crippen molar-refractivity contribution in [3.8, 4) is 11.5 Å². The molecular weight excluding hydrogens is 474 g/mol. The number of rotatable bonds is 12. The van der Waals surface area contributed by atoms with Gasteiger partial charge < -0.3 is 19.5 Å². The van der Waals surface area contributed by atoms with Crippen LogP contribution in [0.15, 0.2) is 77.7 Å². The molecule has 0 aliphatic rings. The molecule has 0 saturated carbocycles. The van der Waals surface area contributed by atoms with Gasteiger partial charge in [0.15, 0.2) is 0 Å². The van der Waals surface area contributed by atoms with Crippen molar-refractivity contribution in [2.75, 3.05) is 19.9 Å². The number of esters is 2. The minimum atomic E-state index is -0.462. The summed E-state index contributed by atoms with van der Waals surface area (Å²) >= 11 is 1.47. The van der Waals surface area contributed by atoms with Crippen LogP contribution in [0.2, 0.25) is 0 Å². The molecule has 3 rings (SSSR count). The van der Waals surface area contributed by atoms with Gasteiger partial charge in [0, 0.05) is 19.5 Å². The first-order valence-corrected chi connectivity index (χ1v) is 13.1. The Morgan fingerprint density at radius 2 is 1.72 bits per heavy atom. The highest BCUT2D eigenvalue weighted by molar-refractivity contribution is 7.98. The highest BCUT2D eigenvalue weighted by Crippen LogP contribution is 2.32. The van der Waals surface area contributed by atoms with Crippen LogP contribution in [-0.4, -0.2) is 37.9 Å². The van der Waals surface area contributed by atoms with Crippen LogP contribution >= 0.6 is 11.8 Å². The second-order valence-electron chi connectivity index (χ2n) is 8.46. The number of hydrogen-bond donors (Lipinski definition) is 1. The zero-order valence-electron chi connectivity index (χ0n) is 21.2. The molecule has 2 atom stereocenters. The molecule has 0 aromatic heterocycles. The molecule has 6 nitrogen and oxygen atoms in total. The second kappa shape index (κ2) is 13.7. The highest BCUT2D eigenvalue weighted by Gasteiger charge is 2.19. The first-order valence-electron chi connectivity index (χ1n) is 11.9. The molecule has 2 unspecified atom stereocenters. The van der Waals surface area contributed by atoms with Crippen LogP contribution < -0.4 is 14.8 Å². The maximum Gasteiger partial charge on any atom is 0.343 e. The van der Waals surface area contributed by atoms with Crippen LogP contribution in [0.5, 0.6) is 11.5 Å². The van der Waals surface area contributed by atoms with Gasteiger partial charge in [0.2, 0.25) is 0 Å². The van der Waals surface area contributed by atoms with E-state index in [0.29, 0.717) is 17.9 Å². The lowest BCUT2D eigenvalue weighted by Crippen LogP contribution is -2.32. The smallest absolute Gasteiger partial charge is 0.343 e. The number of methoxy groups -OCH3 is 1. The summed E-state index contributed by atoms with van der Waals surface area (Å²) in [4.78, 5) is 25.1. The van der Waals surface area contributed by atoms with Crippen LogP contribution in [0.25, 0.3) is 0 Å². The second-order valence-corrected chi connectivity index (χ2v) is 9.31. The molecule has 0 spiro atoms. The van der Waals surface area contributed by atoms with E-state index in [1.807, 2.05) is 36.6 Å². The molecule has 3 aromatic rings. The fourth-order valence-electron chi connectivity index (χ4n) is 3.72. The summed E-state index contributed by atoms with van der Waals surface area (Å²) in [6.07, 6.45) is 3.31. The SMILES string of the molecule is COc1ccc(CCC(C)NCC(OC(C)=O)c2ccc(OC(=O)c3ccccc3)c(SC)c2)cc1. The summed E-state index contributed by atoms with van der Waals surface area (Å²) in [5.74, 6) is 0.558. The molecule has 3 aromatic carbocycles. The van der Waals surface area contributed by atoms with Crippen LogP contribution in [-0.2, 0) is 16.0 Å². The molecule has 0 bridgehead atoms. The zero-order chi connectivity index (χ0) is 25.9. The number of hydrogen-bond acceptors (Lipinski definition) is 7. The van der Waals surface area contributed by atoms with Gasteiger partial charge in [0.25, 0.3) is 0 Å². The Kier molecular flexibility index (Phi) is 10.4. The van der Waals surface area contributed by atoms with E-state index in [-0.39, 0.29) is 12.0 Å². The van der Waals surface area contributed by atoms with Gasteiger partial charge in [-0.05, 0) is 73.5 Å². The Hall–Kier alpha value is -3.29. The summed E-state index contributed by atoms with van der Waals surface area (Å²) in [5, 5.41) is 3.49. The van der Waals surface area contributed by atoms with Crippen molar-refractivity contribution in [3.05, 3.63) is 89.5 Å². The standard InChI is InChI=1S/C29H33NO5S/c1-20(10-11-22-12-15-25(33-3)16-13-22)30-19-27(34-21(2)31)24-14-17-26(28(18-24)36-4)35-29(32)23-8-6-5-7-9-23/h5-9,12-18,20,27,30H,10-11,19H2,1-4H3. The maximum absolute atomic E-state index is 12.5. The van der Waals surface area contributed by atoms with Crippen molar-refractivity contribution in [1.29, 1.82) is 0 Å². The highest BCUT2D eigenvalue weighted by atomic mass is 32.2. The molecule has 0 saturated heterocycles. The van der Waals surface area contributed by atoms with Crippen LogP contribution in [0.1, 0.15) is 47.9 Å². The number of nitrogens with one attached hydrogen (secondary N) is 1. The van der Waals surface area contributed by atoms with E-state index < -0.39 is 12.1 Å². The molecule has 36 heavy (non-hydrogen) atoms. The van der Waals surface area contributed by atoms with Crippen molar-refractivity contribution in [2.24, 2.45) is 0 Å². The van der Waals surface area contributed by atoms with Crippen LogP contribution in [0.4, 0.5) is 0 Å². The Balaban J connectivity index is 1.64. The lowest BCUT2D eigenvalue weighted by molar-refractivity contribution is -0.146. The van der Waals surface area contributed by atoms with E-state index in [1.54, 1.807) is 37.4 Å². The van der Waals surface area contributed by atoms with Crippen molar-refractivity contribution in [2.45, 2.75) is 43.7 Å². The summed E-state index contributed by atoms with van der Waals surface area (Å²) in [6, 6.07) is 22.7. The monoisotopic (exact) mass is 507 g/mol. The lowest BCUT2D eigenvalue weighted by atomic mass is 10.0. The van der Waals surface area contributed by atoms with Gasteiger partial charge in [-0.1, -0.05) is 36.4 Å². The molecule has 0 fully saturated rings. The van der Waals surface area contributed by atoms with Gasteiger partial charge in [-0.3, -0.25) is 4.79 Å². The molecule has 0 amide bonds.